The highest BCUT2D eigenvalue weighted by Gasteiger charge is 2.29. The summed E-state index contributed by atoms with van der Waals surface area (Å²) in [5, 5.41) is 6.94. The fourth-order valence-electron chi connectivity index (χ4n) is 2.51. The van der Waals surface area contributed by atoms with Crippen molar-refractivity contribution in [2.45, 2.75) is 19.1 Å². The Bertz CT molecular complexity index is 919. The first-order chi connectivity index (χ1) is 12.8. The van der Waals surface area contributed by atoms with E-state index in [-0.39, 0.29) is 12.3 Å². The van der Waals surface area contributed by atoms with Crippen molar-refractivity contribution < 1.29 is 18.0 Å². The molecule has 0 radical (unpaired) electrons. The minimum Gasteiger partial charge on any atom is -0.311 e. The minimum atomic E-state index is -4.39. The number of carbonyl (C=O) groups excluding carboxylic acids is 1. The van der Waals surface area contributed by atoms with Crippen molar-refractivity contribution in [1.29, 1.82) is 0 Å². The lowest BCUT2D eigenvalue weighted by Crippen LogP contribution is -2.18. The number of rotatable bonds is 5. The molecule has 0 bridgehead atoms. The molecule has 3 rings (SSSR count). The lowest BCUT2D eigenvalue weighted by Gasteiger charge is -2.10. The summed E-state index contributed by atoms with van der Waals surface area (Å²) in [6, 6.07) is 14.0. The summed E-state index contributed by atoms with van der Waals surface area (Å²) in [6.45, 7) is 0.482. The average Bonchev–Trinajstić information content (AvgIpc) is 3.03. The second-order valence-corrected chi connectivity index (χ2v) is 6.84. The van der Waals surface area contributed by atoms with Crippen LogP contribution >= 0.6 is 15.9 Å². The van der Waals surface area contributed by atoms with Crippen LogP contribution in [0.1, 0.15) is 16.7 Å². The summed E-state index contributed by atoms with van der Waals surface area (Å²) in [5.74, 6) is 0.196. The summed E-state index contributed by atoms with van der Waals surface area (Å²) < 4.78 is 40.4. The Labute approximate surface area is 162 Å². The van der Waals surface area contributed by atoms with Crippen LogP contribution in [-0.4, -0.2) is 15.7 Å². The number of aromatic nitrogens is 2. The van der Waals surface area contributed by atoms with Gasteiger partial charge < -0.3 is 5.32 Å². The van der Waals surface area contributed by atoms with Crippen molar-refractivity contribution in [1.82, 2.24) is 9.78 Å². The fourth-order valence-corrected chi connectivity index (χ4v) is 2.78. The van der Waals surface area contributed by atoms with E-state index >= 15 is 0 Å². The van der Waals surface area contributed by atoms with Crippen molar-refractivity contribution in [2.75, 3.05) is 5.32 Å². The van der Waals surface area contributed by atoms with Crippen molar-refractivity contribution in [3.8, 4) is 0 Å². The molecule has 0 saturated carbocycles. The highest BCUT2D eigenvalue weighted by atomic mass is 79.9. The number of alkyl halides is 3. The Morgan fingerprint density at radius 2 is 1.63 bits per heavy atom. The van der Waals surface area contributed by atoms with Gasteiger partial charge in [-0.05, 0) is 35.4 Å². The summed E-state index contributed by atoms with van der Waals surface area (Å²) in [4.78, 5) is 12.2. The fraction of sp³-hybridized carbons (Fsp3) is 0.158. The van der Waals surface area contributed by atoms with Gasteiger partial charge in [0, 0.05) is 10.5 Å². The molecule has 8 heteroatoms. The van der Waals surface area contributed by atoms with Crippen molar-refractivity contribution in [2.24, 2.45) is 0 Å². The third-order valence-electron chi connectivity index (χ3n) is 3.88. The molecule has 0 aliphatic carbocycles. The first-order valence-electron chi connectivity index (χ1n) is 8.03. The zero-order chi connectivity index (χ0) is 19.4. The monoisotopic (exact) mass is 437 g/mol. The molecule has 0 aliphatic heterocycles. The summed E-state index contributed by atoms with van der Waals surface area (Å²) in [6.07, 6.45) is -2.84. The lowest BCUT2D eigenvalue weighted by molar-refractivity contribution is -0.137. The van der Waals surface area contributed by atoms with E-state index in [0.29, 0.717) is 17.9 Å². The number of anilines is 1. The van der Waals surface area contributed by atoms with E-state index < -0.39 is 11.7 Å². The molecule has 1 N–H and O–H groups in total. The quantitative estimate of drug-likeness (QED) is 0.617. The van der Waals surface area contributed by atoms with Crippen LogP contribution in [0.15, 0.2) is 65.3 Å². The summed E-state index contributed by atoms with van der Waals surface area (Å²) >= 11 is 3.38. The van der Waals surface area contributed by atoms with Crippen molar-refractivity contribution in [3.63, 3.8) is 0 Å². The number of nitrogens with zero attached hydrogens (tertiary/aromatic N) is 2. The number of nitrogens with one attached hydrogen (secondary N) is 1. The van der Waals surface area contributed by atoms with E-state index in [2.05, 4.69) is 26.3 Å². The number of hydrogen-bond acceptors (Lipinski definition) is 2. The van der Waals surface area contributed by atoms with Crippen LogP contribution in [0.5, 0.6) is 0 Å². The number of halogens is 4. The molecular formula is C19H15BrF3N3O. The molecule has 4 nitrogen and oxygen atoms in total. The molecule has 2 aromatic carbocycles. The molecule has 1 amide bonds. The molecule has 0 atom stereocenters. The maximum absolute atomic E-state index is 12.6. The highest BCUT2D eigenvalue weighted by Crippen LogP contribution is 2.29. The van der Waals surface area contributed by atoms with E-state index in [4.69, 9.17) is 0 Å². The predicted octanol–water partition coefficient (Wildman–Crippen LogP) is 4.89. The zero-order valence-electron chi connectivity index (χ0n) is 14.0. The van der Waals surface area contributed by atoms with Gasteiger partial charge in [0.25, 0.3) is 0 Å². The Morgan fingerprint density at radius 3 is 2.26 bits per heavy atom. The van der Waals surface area contributed by atoms with Gasteiger partial charge in [0.2, 0.25) is 5.91 Å². The van der Waals surface area contributed by atoms with Crippen molar-refractivity contribution >= 4 is 27.7 Å². The van der Waals surface area contributed by atoms with E-state index in [1.165, 1.54) is 12.1 Å². The second-order valence-electron chi connectivity index (χ2n) is 5.92. The molecular weight excluding hydrogens is 423 g/mol. The van der Waals surface area contributed by atoms with Crippen LogP contribution in [0.2, 0.25) is 0 Å². The van der Waals surface area contributed by atoms with Crippen LogP contribution in [0.25, 0.3) is 0 Å². The van der Waals surface area contributed by atoms with Gasteiger partial charge in [-0.2, -0.15) is 18.3 Å². The average molecular weight is 438 g/mol. The number of carbonyl (C=O) groups is 1. The van der Waals surface area contributed by atoms with Gasteiger partial charge in [-0.25, -0.2) is 4.68 Å². The largest absolute Gasteiger partial charge is 0.416 e. The standard InChI is InChI=1S/C19H15BrF3N3O/c20-16-7-3-14(4-8-16)12-26-17(9-10-24-26)25-18(27)11-13-1-5-15(6-2-13)19(21,22)23/h1-10H,11-12H2,(H,25,27). The molecule has 1 aromatic heterocycles. The van der Waals surface area contributed by atoms with Crippen LogP contribution in [0.3, 0.4) is 0 Å². The second kappa shape index (κ2) is 7.96. The molecule has 1 heterocycles. The number of amides is 1. The molecule has 0 aliphatic rings. The lowest BCUT2D eigenvalue weighted by atomic mass is 10.1. The van der Waals surface area contributed by atoms with Crippen LogP contribution in [0, 0.1) is 0 Å². The molecule has 27 heavy (non-hydrogen) atoms. The van der Waals surface area contributed by atoms with Crippen molar-refractivity contribution in [3.05, 3.63) is 82.0 Å². The van der Waals surface area contributed by atoms with Gasteiger partial charge in [-0.1, -0.05) is 40.2 Å². The van der Waals surface area contributed by atoms with Gasteiger partial charge in [-0.15, -0.1) is 0 Å². The van der Waals surface area contributed by atoms with Gasteiger partial charge in [0.1, 0.15) is 5.82 Å². The summed E-state index contributed by atoms with van der Waals surface area (Å²) in [7, 11) is 0. The number of hydrogen-bond donors (Lipinski definition) is 1. The van der Waals surface area contributed by atoms with Crippen LogP contribution < -0.4 is 5.32 Å². The van der Waals surface area contributed by atoms with Gasteiger partial charge in [0.15, 0.2) is 0 Å². The molecule has 0 fully saturated rings. The van der Waals surface area contributed by atoms with E-state index in [9.17, 15) is 18.0 Å². The topological polar surface area (TPSA) is 46.9 Å². The van der Waals surface area contributed by atoms with Crippen LogP contribution in [-0.2, 0) is 23.9 Å². The van der Waals surface area contributed by atoms with E-state index in [0.717, 1.165) is 22.2 Å². The minimum absolute atomic E-state index is 0.0262. The predicted molar refractivity (Wildman–Crippen MR) is 99.2 cm³/mol. The maximum Gasteiger partial charge on any atom is 0.416 e. The Balaban J connectivity index is 1.63. The molecule has 0 spiro atoms. The smallest absolute Gasteiger partial charge is 0.311 e. The Hall–Kier alpha value is -2.61. The number of benzene rings is 2. The Kier molecular flexibility index (Phi) is 5.65. The highest BCUT2D eigenvalue weighted by molar-refractivity contribution is 9.10. The molecule has 140 valence electrons. The van der Waals surface area contributed by atoms with Crippen LogP contribution in [0.4, 0.5) is 19.0 Å². The zero-order valence-corrected chi connectivity index (χ0v) is 15.6. The Morgan fingerprint density at radius 1 is 1.00 bits per heavy atom. The first-order valence-corrected chi connectivity index (χ1v) is 8.83. The third-order valence-corrected chi connectivity index (χ3v) is 4.40. The van der Waals surface area contributed by atoms with E-state index in [1.54, 1.807) is 16.9 Å². The molecule has 0 unspecified atom stereocenters. The molecule has 3 aromatic rings. The third kappa shape index (κ3) is 5.19. The SMILES string of the molecule is O=C(Cc1ccc(C(F)(F)F)cc1)Nc1ccnn1Cc1ccc(Br)cc1. The van der Waals surface area contributed by atoms with Gasteiger partial charge in [0.05, 0.1) is 24.7 Å². The normalized spacial score (nSPS) is 11.4. The first kappa shape index (κ1) is 19.2. The molecule has 0 saturated heterocycles. The maximum atomic E-state index is 12.6. The van der Waals surface area contributed by atoms with Gasteiger partial charge in [-0.3, -0.25) is 4.79 Å². The summed E-state index contributed by atoms with van der Waals surface area (Å²) in [5.41, 5.74) is 0.777. The van der Waals surface area contributed by atoms with E-state index in [1.807, 2.05) is 24.3 Å². The van der Waals surface area contributed by atoms with Gasteiger partial charge >= 0.3 is 6.18 Å².